The zero-order chi connectivity index (χ0) is 12.9. The monoisotopic (exact) mass is 302 g/mol. The summed E-state index contributed by atoms with van der Waals surface area (Å²) in [6, 6.07) is 2.86. The van der Waals surface area contributed by atoms with Crippen LogP contribution in [0, 0.1) is 0 Å². The van der Waals surface area contributed by atoms with E-state index in [1.54, 1.807) is 23.9 Å². The van der Waals surface area contributed by atoms with E-state index in [-0.39, 0.29) is 5.91 Å². The van der Waals surface area contributed by atoms with E-state index >= 15 is 0 Å². The predicted octanol–water partition coefficient (Wildman–Crippen LogP) is 2.52. The molecule has 7 heteroatoms. The van der Waals surface area contributed by atoms with Gasteiger partial charge < -0.3 is 5.32 Å². The van der Waals surface area contributed by atoms with Gasteiger partial charge in [-0.05, 0) is 18.6 Å². The van der Waals surface area contributed by atoms with Gasteiger partial charge in [0.15, 0.2) is 0 Å². The molecule has 1 atom stereocenters. The largest absolute Gasteiger partial charge is 0.322 e. The van der Waals surface area contributed by atoms with Crippen molar-refractivity contribution in [2.75, 3.05) is 5.75 Å². The second kappa shape index (κ2) is 4.05. The van der Waals surface area contributed by atoms with Crippen LogP contribution in [0.5, 0.6) is 0 Å². The zero-order valence-corrected chi connectivity index (χ0v) is 11.4. The van der Waals surface area contributed by atoms with Crippen molar-refractivity contribution in [1.29, 1.82) is 0 Å². The number of hydrogen-bond acceptors (Lipinski definition) is 3. The van der Waals surface area contributed by atoms with E-state index in [2.05, 4.69) is 10.6 Å². The number of halogens is 2. The maximum Gasteiger partial charge on any atom is 0.322 e. The third kappa shape index (κ3) is 1.61. The second-order valence-corrected chi connectivity index (χ2v) is 6.13. The lowest BCUT2D eigenvalue weighted by Crippen LogP contribution is -2.46. The van der Waals surface area contributed by atoms with Crippen LogP contribution in [-0.2, 0) is 10.3 Å². The molecule has 1 fully saturated rings. The number of nitrogens with one attached hydrogen (secondary N) is 2. The van der Waals surface area contributed by atoms with E-state index < -0.39 is 11.6 Å². The summed E-state index contributed by atoms with van der Waals surface area (Å²) in [5, 5.41) is 5.94. The van der Waals surface area contributed by atoms with E-state index in [9.17, 15) is 9.59 Å². The molecular formula is C11H8Cl2N2O2S. The highest BCUT2D eigenvalue weighted by Crippen LogP contribution is 2.46. The molecule has 0 radical (unpaired) electrons. The van der Waals surface area contributed by atoms with Crippen molar-refractivity contribution in [3.05, 3.63) is 27.7 Å². The number of carbonyl (C=O) groups excluding carboxylic acids is 2. The van der Waals surface area contributed by atoms with Crippen LogP contribution >= 0.6 is 35.0 Å². The lowest BCUT2D eigenvalue weighted by Gasteiger charge is -2.33. The lowest BCUT2D eigenvalue weighted by molar-refractivity contribution is -0.124. The Hall–Kier alpha value is -0.910. The van der Waals surface area contributed by atoms with Gasteiger partial charge in [0.25, 0.3) is 5.91 Å². The van der Waals surface area contributed by atoms with Crippen LogP contribution in [0.1, 0.15) is 12.0 Å². The van der Waals surface area contributed by atoms with Gasteiger partial charge in [-0.15, -0.1) is 11.8 Å². The SMILES string of the molecule is O=C1NC(=O)C2(CCSc3c(Cl)cc(Cl)cc32)N1. The Bertz CT molecular complexity index is 578. The van der Waals surface area contributed by atoms with Gasteiger partial charge in [0.2, 0.25) is 0 Å². The lowest BCUT2D eigenvalue weighted by atomic mass is 9.87. The molecule has 2 heterocycles. The molecule has 1 aromatic rings. The number of rotatable bonds is 0. The molecule has 0 aromatic heterocycles. The minimum absolute atomic E-state index is 0.340. The Morgan fingerprint density at radius 3 is 2.72 bits per heavy atom. The van der Waals surface area contributed by atoms with E-state index in [0.717, 1.165) is 4.90 Å². The van der Waals surface area contributed by atoms with Crippen LogP contribution in [0.15, 0.2) is 17.0 Å². The number of hydrogen-bond donors (Lipinski definition) is 2. The zero-order valence-electron chi connectivity index (χ0n) is 9.05. The molecule has 2 aliphatic heterocycles. The van der Waals surface area contributed by atoms with Gasteiger partial charge in [-0.1, -0.05) is 23.2 Å². The first-order chi connectivity index (χ1) is 8.53. The van der Waals surface area contributed by atoms with Gasteiger partial charge in [0.05, 0.1) is 5.02 Å². The minimum Gasteiger partial charge on any atom is -0.319 e. The average molecular weight is 303 g/mol. The molecule has 2 aliphatic rings. The first kappa shape index (κ1) is 12.1. The smallest absolute Gasteiger partial charge is 0.319 e. The molecular weight excluding hydrogens is 295 g/mol. The molecule has 18 heavy (non-hydrogen) atoms. The Morgan fingerprint density at radius 1 is 1.28 bits per heavy atom. The van der Waals surface area contributed by atoms with Crippen LogP contribution in [-0.4, -0.2) is 17.7 Å². The number of amides is 3. The summed E-state index contributed by atoms with van der Waals surface area (Å²) in [5.41, 5.74) is -0.341. The molecule has 0 saturated carbocycles. The Kier molecular flexibility index (Phi) is 2.73. The fraction of sp³-hybridized carbons (Fsp3) is 0.273. The van der Waals surface area contributed by atoms with Crippen molar-refractivity contribution in [1.82, 2.24) is 10.6 Å². The van der Waals surface area contributed by atoms with Gasteiger partial charge in [-0.3, -0.25) is 10.1 Å². The molecule has 0 aliphatic carbocycles. The highest BCUT2D eigenvalue weighted by molar-refractivity contribution is 7.99. The summed E-state index contributed by atoms with van der Waals surface area (Å²) in [7, 11) is 0. The Morgan fingerprint density at radius 2 is 2.06 bits per heavy atom. The summed E-state index contributed by atoms with van der Waals surface area (Å²) >= 11 is 13.7. The van der Waals surface area contributed by atoms with Crippen LogP contribution in [0.4, 0.5) is 4.79 Å². The highest BCUT2D eigenvalue weighted by Gasteiger charge is 2.50. The fourth-order valence-corrected chi connectivity index (χ4v) is 4.18. The van der Waals surface area contributed by atoms with Crippen LogP contribution in [0.3, 0.4) is 0 Å². The molecule has 94 valence electrons. The summed E-state index contributed by atoms with van der Waals surface area (Å²) in [6.45, 7) is 0. The van der Waals surface area contributed by atoms with E-state index in [1.165, 1.54) is 0 Å². The summed E-state index contributed by atoms with van der Waals surface area (Å²) in [4.78, 5) is 24.3. The number of carbonyl (C=O) groups is 2. The quantitative estimate of drug-likeness (QED) is 0.724. The van der Waals surface area contributed by atoms with E-state index in [0.29, 0.717) is 27.8 Å². The summed E-state index contributed by atoms with van der Waals surface area (Å²) < 4.78 is 0. The van der Waals surface area contributed by atoms with Crippen LogP contribution < -0.4 is 10.6 Å². The topological polar surface area (TPSA) is 58.2 Å². The van der Waals surface area contributed by atoms with Gasteiger partial charge >= 0.3 is 6.03 Å². The first-order valence-corrected chi connectivity index (χ1v) is 7.03. The highest BCUT2D eigenvalue weighted by atomic mass is 35.5. The average Bonchev–Trinajstić information content (AvgIpc) is 2.56. The summed E-state index contributed by atoms with van der Waals surface area (Å²) in [6.07, 6.45) is 0.527. The number of fused-ring (bicyclic) bond motifs is 2. The molecule has 3 rings (SSSR count). The fourth-order valence-electron chi connectivity index (χ4n) is 2.32. The van der Waals surface area contributed by atoms with Crippen molar-refractivity contribution in [2.45, 2.75) is 16.9 Å². The Balaban J connectivity index is 2.23. The standard InChI is InChI=1S/C11H8Cl2N2O2S/c12-5-3-6-8(7(13)4-5)18-2-1-11(6)9(16)14-10(17)15-11/h3-4H,1-2H2,(H2,14,15,16,17). The molecule has 1 spiro atoms. The molecule has 1 aromatic carbocycles. The van der Waals surface area contributed by atoms with Crippen molar-refractivity contribution < 1.29 is 9.59 Å². The number of imide groups is 1. The maximum absolute atomic E-state index is 12.1. The van der Waals surface area contributed by atoms with Crippen molar-refractivity contribution in [2.24, 2.45) is 0 Å². The molecule has 2 N–H and O–H groups in total. The molecule has 0 bridgehead atoms. The Labute approximate surface area is 117 Å². The van der Waals surface area contributed by atoms with Crippen molar-refractivity contribution in [3.63, 3.8) is 0 Å². The van der Waals surface area contributed by atoms with Gasteiger partial charge in [0, 0.05) is 21.2 Å². The predicted molar refractivity (Wildman–Crippen MR) is 70.2 cm³/mol. The van der Waals surface area contributed by atoms with Gasteiger partial charge in [-0.25, -0.2) is 4.79 Å². The normalized spacial score (nSPS) is 25.9. The van der Waals surface area contributed by atoms with Gasteiger partial charge in [0.1, 0.15) is 5.54 Å². The molecule has 1 saturated heterocycles. The third-order valence-corrected chi connectivity index (χ3v) is 4.90. The van der Waals surface area contributed by atoms with E-state index in [1.807, 2.05) is 0 Å². The molecule has 3 amide bonds. The van der Waals surface area contributed by atoms with Crippen LogP contribution in [0.25, 0.3) is 0 Å². The second-order valence-electron chi connectivity index (χ2n) is 4.18. The number of urea groups is 1. The summed E-state index contributed by atoms with van der Waals surface area (Å²) in [5.74, 6) is 0.370. The molecule has 1 unspecified atom stereocenters. The maximum atomic E-state index is 12.1. The van der Waals surface area contributed by atoms with E-state index in [4.69, 9.17) is 23.2 Å². The van der Waals surface area contributed by atoms with Crippen molar-refractivity contribution >= 4 is 46.9 Å². The van der Waals surface area contributed by atoms with Crippen LogP contribution in [0.2, 0.25) is 10.0 Å². The number of benzene rings is 1. The number of thioether (sulfide) groups is 1. The molecule has 4 nitrogen and oxygen atoms in total. The third-order valence-electron chi connectivity index (χ3n) is 3.13. The minimum atomic E-state index is -1.02. The van der Waals surface area contributed by atoms with Crippen molar-refractivity contribution in [3.8, 4) is 0 Å². The van der Waals surface area contributed by atoms with Gasteiger partial charge in [-0.2, -0.15) is 0 Å². The first-order valence-electron chi connectivity index (χ1n) is 5.29.